The minimum absolute atomic E-state index is 0.0105. The summed E-state index contributed by atoms with van der Waals surface area (Å²) in [5, 5.41) is 9.48. The Morgan fingerprint density at radius 2 is 1.15 bits per heavy atom. The highest BCUT2D eigenvalue weighted by Gasteiger charge is 2.35. The van der Waals surface area contributed by atoms with Gasteiger partial charge in [0.1, 0.15) is 28.8 Å². The van der Waals surface area contributed by atoms with E-state index in [1.165, 1.54) is 180 Å². The molecule has 15 heteroatoms. The van der Waals surface area contributed by atoms with Gasteiger partial charge in [-0.05, 0) is 238 Å². The molecule has 7 aliphatic rings. The largest absolute Gasteiger partial charge is 0.457 e. The van der Waals surface area contributed by atoms with Crippen molar-refractivity contribution in [2.24, 2.45) is 23.7 Å². The third-order valence-electron chi connectivity index (χ3n) is 24.7. The van der Waals surface area contributed by atoms with Crippen LogP contribution in [0.25, 0.3) is 33.7 Å². The van der Waals surface area contributed by atoms with Gasteiger partial charge in [0.15, 0.2) is 28.3 Å². The van der Waals surface area contributed by atoms with Crippen LogP contribution in [-0.4, -0.2) is 60.8 Å². The summed E-state index contributed by atoms with van der Waals surface area (Å²) in [7, 11) is 0. The highest BCUT2D eigenvalue weighted by Crippen LogP contribution is 2.48. The number of ether oxygens (including phenoxy) is 2. The summed E-state index contributed by atoms with van der Waals surface area (Å²) in [6.45, 7) is 19.0. The van der Waals surface area contributed by atoms with Gasteiger partial charge in [-0.2, -0.15) is 0 Å². The Morgan fingerprint density at radius 1 is 0.590 bits per heavy atom. The van der Waals surface area contributed by atoms with Gasteiger partial charge in [-0.25, -0.2) is 4.98 Å². The van der Waals surface area contributed by atoms with E-state index in [0.29, 0.717) is 94.9 Å². The Bertz CT molecular complexity index is 4840. The number of allylic oxidation sites excluding steroid dienone is 1. The number of nitrogens with zero attached hydrogens (tertiary/aromatic N) is 3. The van der Waals surface area contributed by atoms with Crippen LogP contribution in [0.1, 0.15) is 260 Å². The number of amides is 2. The lowest BCUT2D eigenvalue weighted by Crippen LogP contribution is -2.37. The highest BCUT2D eigenvalue weighted by molar-refractivity contribution is 7.99. The molecule has 7 aromatic carbocycles. The van der Waals surface area contributed by atoms with E-state index in [1.807, 2.05) is 78.9 Å². The van der Waals surface area contributed by atoms with E-state index in [4.69, 9.17) is 18.9 Å². The first-order valence-corrected chi connectivity index (χ1v) is 45.4. The Kier molecular flexibility index (Phi) is 30.6. The van der Waals surface area contributed by atoms with E-state index in [2.05, 4.69) is 147 Å². The van der Waals surface area contributed by atoms with Crippen LogP contribution in [0.15, 0.2) is 206 Å². The predicted octanol–water partition coefficient (Wildman–Crippen LogP) is 25.5. The number of benzene rings is 8. The van der Waals surface area contributed by atoms with Crippen molar-refractivity contribution in [1.82, 2.24) is 4.98 Å². The fourth-order valence-electron chi connectivity index (χ4n) is 17.7. The molecule has 4 aliphatic carbocycles. The van der Waals surface area contributed by atoms with Crippen molar-refractivity contribution in [2.45, 2.75) is 256 Å². The molecule has 3 N–H and O–H groups in total. The third kappa shape index (κ3) is 23.2. The first-order chi connectivity index (χ1) is 57.1. The summed E-state index contributed by atoms with van der Waals surface area (Å²) in [6, 6.07) is 54.7. The summed E-state index contributed by atoms with van der Waals surface area (Å²) in [5.41, 5.74) is 13.3. The van der Waals surface area contributed by atoms with Crippen molar-refractivity contribution < 1.29 is 33.1 Å². The van der Waals surface area contributed by atoms with E-state index < -0.39 is 23.3 Å². The van der Waals surface area contributed by atoms with Crippen molar-refractivity contribution >= 4 is 74.9 Å². The average Bonchev–Trinajstić information content (AvgIpc) is 0.765. The van der Waals surface area contributed by atoms with Crippen LogP contribution >= 0.6 is 11.8 Å². The highest BCUT2D eigenvalue weighted by atomic mass is 32.2. The van der Waals surface area contributed by atoms with Crippen LogP contribution in [0, 0.1) is 23.7 Å². The number of anilines is 5. The molecule has 3 fully saturated rings. The molecule has 0 aromatic heterocycles. The zero-order chi connectivity index (χ0) is 81.6. The molecule has 2 saturated carbocycles. The van der Waals surface area contributed by atoms with E-state index >= 15 is 0 Å². The Labute approximate surface area is 699 Å². The summed E-state index contributed by atoms with van der Waals surface area (Å²) >= 11 is 1.72. The SMILES string of the molecule is CCCCCC1CCC(c2ccc(-c3ccc(Sc4cc(N(CCCCC)CCCCC)cc5c4NC4C=C(C(=O)Nc6ccc(CCCC)cc6)C(=O)C=C4O5)cc3)cc2)CC1.CCCCCC1CCC(c2ccc(OC(=O)C3CCN(c4ccc5nc6cc(C(=O)Nc7ccc(CC(C)C)cc7)c(=O)cc-6oc5c4)CC3)cc2)CC1. The Hall–Kier alpha value is -9.73. The van der Waals surface area contributed by atoms with Crippen LogP contribution < -0.4 is 40.7 Å². The molecular formula is C102H124N6O8S. The molecule has 3 aliphatic heterocycles. The van der Waals surface area contributed by atoms with Gasteiger partial charge in [-0.15, -0.1) is 0 Å². The maximum absolute atomic E-state index is 13.6. The number of rotatable bonds is 34. The first kappa shape index (κ1) is 85.2. The molecule has 14 rings (SSSR count). The van der Waals surface area contributed by atoms with E-state index in [1.54, 1.807) is 17.8 Å². The third-order valence-corrected chi connectivity index (χ3v) is 25.8. The number of fused-ring (bicyclic) bond motifs is 4. The Balaban J connectivity index is 0.000000205. The predicted molar refractivity (Wildman–Crippen MR) is 481 cm³/mol. The number of unbranched alkanes of at least 4 members (excludes halogenated alkanes) is 9. The monoisotopic (exact) mass is 1590 g/mol. The van der Waals surface area contributed by atoms with Crippen LogP contribution in [0.4, 0.5) is 28.4 Å². The number of ketones is 1. The zero-order valence-electron chi connectivity index (χ0n) is 70.4. The van der Waals surface area contributed by atoms with Crippen molar-refractivity contribution in [1.29, 1.82) is 0 Å². The van der Waals surface area contributed by atoms with Crippen LogP contribution in [0.2, 0.25) is 0 Å². The number of hydrogen-bond acceptors (Lipinski definition) is 13. The van der Waals surface area contributed by atoms with Gasteiger partial charge in [0.05, 0.1) is 22.7 Å². The van der Waals surface area contributed by atoms with Crippen LogP contribution in [-0.2, 0) is 27.2 Å². The fraction of sp³-hybridized carbons (Fsp3) is 0.451. The standard InChI is InChI=1S/C56H71N3O3S.C46H53N3O5/c1-5-9-13-17-41-18-22-42(23-19-41)43-24-26-44(27-25-43)45-28-32-48(33-29-45)63-54-37-47(59(34-14-10-6-2)35-15-11-7-3)36-53-55(54)58-50-38-49(51(60)39-52(50)62-53)56(61)57-46-30-20-40(21-31-46)16-12-8-4;1-4-5-6-7-31-8-12-33(13-9-31)34-14-19-38(20-15-34)53-46(52)35-22-24-49(25-23-35)37-18-21-40-43(27-37)54-44-29-42(50)39(28-41(44)48-40)45(51)47-36-16-10-32(11-17-36)26-30(2)3/h20-21,24-33,36-39,41-42,50,58H,5-19,22-23,34-35H2,1-4H3,(H,57,61);10-11,14-21,27-31,33,35H,4-9,12-13,22-26H2,1-3H3,(H,47,51). The lowest BCUT2D eigenvalue weighted by atomic mass is 9.77. The van der Waals surface area contributed by atoms with Crippen LogP contribution in [0.5, 0.6) is 11.5 Å². The van der Waals surface area contributed by atoms with Gasteiger partial charge in [0.25, 0.3) is 11.8 Å². The number of carbonyl (C=O) groups excluding carboxylic acids is 4. The summed E-state index contributed by atoms with van der Waals surface area (Å²) in [6.07, 6.45) is 37.2. The number of esters is 1. The molecule has 2 amide bonds. The van der Waals surface area contributed by atoms with Gasteiger partial charge in [0.2, 0.25) is 0 Å². The minimum Gasteiger partial charge on any atom is -0.457 e. The van der Waals surface area contributed by atoms with E-state index in [9.17, 15) is 24.0 Å². The van der Waals surface area contributed by atoms with Gasteiger partial charge in [-0.1, -0.05) is 216 Å². The number of aromatic nitrogens is 1. The molecule has 0 radical (unpaired) electrons. The number of nitrogens with one attached hydrogen (secondary N) is 3. The fourth-order valence-corrected chi connectivity index (χ4v) is 18.7. The second kappa shape index (κ2) is 42.1. The van der Waals surface area contributed by atoms with Gasteiger partial charge < -0.3 is 39.6 Å². The molecular weight excluding hydrogens is 1470 g/mol. The van der Waals surface area contributed by atoms with Crippen molar-refractivity contribution in [3.8, 4) is 34.1 Å². The quantitative estimate of drug-likeness (QED) is 0.0114. The smallest absolute Gasteiger partial charge is 0.314 e. The molecule has 3 heterocycles. The molecule has 1 atom stereocenters. The maximum atomic E-state index is 13.6. The zero-order valence-corrected chi connectivity index (χ0v) is 71.2. The van der Waals surface area contributed by atoms with Crippen molar-refractivity contribution in [2.75, 3.05) is 51.9 Å². The average molecular weight is 1590 g/mol. The number of hydrogen-bond donors (Lipinski definition) is 3. The lowest BCUT2D eigenvalue weighted by molar-refractivity contribution is -0.139. The van der Waals surface area contributed by atoms with E-state index in [0.717, 1.165) is 90.3 Å². The molecule has 0 spiro atoms. The van der Waals surface area contributed by atoms with Crippen LogP contribution in [0.3, 0.4) is 0 Å². The second-order valence-electron chi connectivity index (χ2n) is 34.0. The number of piperidine rings is 1. The molecule has 1 unspecified atom stereocenters. The number of aryl methyl sites for hydroxylation is 1. The Morgan fingerprint density at radius 3 is 1.74 bits per heavy atom. The van der Waals surface area contributed by atoms with Crippen molar-refractivity contribution in [3.05, 3.63) is 225 Å². The van der Waals surface area contributed by atoms with E-state index in [-0.39, 0.29) is 28.8 Å². The summed E-state index contributed by atoms with van der Waals surface area (Å²) in [4.78, 5) is 78.0. The molecule has 0 bridgehead atoms. The second-order valence-corrected chi connectivity index (χ2v) is 35.2. The van der Waals surface area contributed by atoms with Gasteiger partial charge >= 0.3 is 5.97 Å². The molecule has 1 saturated heterocycles. The van der Waals surface area contributed by atoms with Gasteiger partial charge in [-0.3, -0.25) is 24.0 Å². The molecule has 117 heavy (non-hydrogen) atoms. The first-order valence-electron chi connectivity index (χ1n) is 44.6. The van der Waals surface area contributed by atoms with Crippen molar-refractivity contribution in [3.63, 3.8) is 0 Å². The number of carbonyl (C=O) groups is 4. The maximum Gasteiger partial charge on any atom is 0.314 e. The molecule has 14 nitrogen and oxygen atoms in total. The lowest BCUT2D eigenvalue weighted by Gasteiger charge is -2.33. The summed E-state index contributed by atoms with van der Waals surface area (Å²) in [5.74, 6) is 4.21. The topological polar surface area (TPSA) is 172 Å². The summed E-state index contributed by atoms with van der Waals surface area (Å²) < 4.78 is 18.6. The van der Waals surface area contributed by atoms with Gasteiger partial charge in [0, 0.05) is 83.0 Å². The normalized spacial score (nSPS) is 18.0. The molecule has 616 valence electrons. The molecule has 7 aromatic rings. The minimum atomic E-state index is -0.485.